The van der Waals surface area contributed by atoms with Crippen LogP contribution >= 0.6 is 0 Å². The standard InChI is InChI=1S/C16H20N2O3/c1-16(2)8-7-11(21-16)10-18-13-6-4-3-5-12(13)15(20)17-9-14(18)19/h3-6,11H,7-10H2,1-2H3,(H,17,20). The molecule has 1 unspecified atom stereocenters. The van der Waals surface area contributed by atoms with E-state index in [4.69, 9.17) is 4.74 Å². The lowest BCUT2D eigenvalue weighted by atomic mass is 10.1. The summed E-state index contributed by atoms with van der Waals surface area (Å²) in [5, 5.41) is 2.65. The molecule has 1 fully saturated rings. The molecular formula is C16H20N2O3. The number of amides is 2. The number of carbonyl (C=O) groups excluding carboxylic acids is 2. The molecule has 0 aliphatic carbocycles. The zero-order valence-electron chi connectivity index (χ0n) is 12.4. The van der Waals surface area contributed by atoms with E-state index >= 15 is 0 Å². The van der Waals surface area contributed by atoms with Crippen LogP contribution < -0.4 is 10.2 Å². The van der Waals surface area contributed by atoms with Crippen LogP contribution in [0.5, 0.6) is 0 Å². The van der Waals surface area contributed by atoms with Gasteiger partial charge in [-0.1, -0.05) is 12.1 Å². The minimum Gasteiger partial charge on any atom is -0.370 e. The number of rotatable bonds is 2. The topological polar surface area (TPSA) is 58.6 Å². The molecule has 0 aromatic heterocycles. The van der Waals surface area contributed by atoms with E-state index in [-0.39, 0.29) is 30.1 Å². The minimum atomic E-state index is -0.200. The van der Waals surface area contributed by atoms with Gasteiger partial charge in [0.25, 0.3) is 5.91 Å². The van der Waals surface area contributed by atoms with Crippen molar-refractivity contribution in [3.63, 3.8) is 0 Å². The lowest BCUT2D eigenvalue weighted by molar-refractivity contribution is -0.118. The fourth-order valence-corrected chi connectivity index (χ4v) is 2.99. The molecule has 5 heteroatoms. The maximum Gasteiger partial charge on any atom is 0.253 e. The van der Waals surface area contributed by atoms with Gasteiger partial charge in [-0.3, -0.25) is 9.59 Å². The summed E-state index contributed by atoms with van der Waals surface area (Å²) in [6.45, 7) is 4.66. The van der Waals surface area contributed by atoms with E-state index in [0.29, 0.717) is 17.8 Å². The molecule has 112 valence electrons. The maximum absolute atomic E-state index is 12.3. The van der Waals surface area contributed by atoms with E-state index in [0.717, 1.165) is 12.8 Å². The summed E-state index contributed by atoms with van der Waals surface area (Å²) >= 11 is 0. The number of carbonyl (C=O) groups is 2. The van der Waals surface area contributed by atoms with Crippen LogP contribution in [-0.2, 0) is 9.53 Å². The third-order valence-electron chi connectivity index (χ3n) is 4.08. The second kappa shape index (κ2) is 5.15. The highest BCUT2D eigenvalue weighted by atomic mass is 16.5. The van der Waals surface area contributed by atoms with Crippen molar-refractivity contribution in [2.24, 2.45) is 0 Å². The normalized spacial score (nSPS) is 24.5. The number of benzene rings is 1. The molecule has 0 bridgehead atoms. The molecule has 0 spiro atoms. The van der Waals surface area contributed by atoms with Crippen molar-refractivity contribution >= 4 is 17.5 Å². The Morgan fingerprint density at radius 2 is 2.10 bits per heavy atom. The fraction of sp³-hybridized carbons (Fsp3) is 0.500. The number of anilines is 1. The zero-order chi connectivity index (χ0) is 15.0. The minimum absolute atomic E-state index is 0.0187. The molecule has 1 saturated heterocycles. The molecule has 1 atom stereocenters. The fourth-order valence-electron chi connectivity index (χ4n) is 2.99. The predicted molar refractivity (Wildman–Crippen MR) is 79.3 cm³/mol. The number of hydrogen-bond donors (Lipinski definition) is 1. The summed E-state index contributed by atoms with van der Waals surface area (Å²) in [5.74, 6) is -0.296. The van der Waals surface area contributed by atoms with E-state index < -0.39 is 0 Å². The highest BCUT2D eigenvalue weighted by Gasteiger charge is 2.35. The molecule has 2 heterocycles. The Bertz CT molecular complexity index is 583. The number of ether oxygens (including phenoxy) is 1. The lowest BCUT2D eigenvalue weighted by Crippen LogP contribution is -2.41. The van der Waals surface area contributed by atoms with Crippen molar-refractivity contribution in [1.29, 1.82) is 0 Å². The van der Waals surface area contributed by atoms with Crippen LogP contribution in [0.3, 0.4) is 0 Å². The van der Waals surface area contributed by atoms with Gasteiger partial charge in [-0.05, 0) is 38.8 Å². The van der Waals surface area contributed by atoms with E-state index in [9.17, 15) is 9.59 Å². The summed E-state index contributed by atoms with van der Waals surface area (Å²) in [6.07, 6.45) is 1.93. The van der Waals surface area contributed by atoms with Gasteiger partial charge < -0.3 is 15.0 Å². The molecule has 0 radical (unpaired) electrons. The summed E-state index contributed by atoms with van der Waals surface area (Å²) in [4.78, 5) is 26.0. The third-order valence-corrected chi connectivity index (χ3v) is 4.08. The van der Waals surface area contributed by atoms with Crippen LogP contribution in [0.1, 0.15) is 37.0 Å². The quantitative estimate of drug-likeness (QED) is 0.901. The van der Waals surface area contributed by atoms with Crippen LogP contribution in [-0.4, -0.2) is 36.6 Å². The van der Waals surface area contributed by atoms with Crippen molar-refractivity contribution in [2.75, 3.05) is 18.0 Å². The van der Waals surface area contributed by atoms with Crippen molar-refractivity contribution in [3.8, 4) is 0 Å². The summed E-state index contributed by atoms with van der Waals surface area (Å²) < 4.78 is 5.98. The molecule has 3 rings (SSSR count). The Balaban J connectivity index is 1.87. The van der Waals surface area contributed by atoms with Gasteiger partial charge in [0.1, 0.15) is 0 Å². The number of nitrogens with zero attached hydrogens (tertiary/aromatic N) is 1. The van der Waals surface area contributed by atoms with Gasteiger partial charge >= 0.3 is 0 Å². The highest BCUT2D eigenvalue weighted by molar-refractivity contribution is 6.09. The van der Waals surface area contributed by atoms with Crippen LogP contribution in [0.2, 0.25) is 0 Å². The first-order valence-electron chi connectivity index (χ1n) is 7.32. The number of para-hydroxylation sites is 1. The largest absolute Gasteiger partial charge is 0.370 e. The Labute approximate surface area is 124 Å². The Hall–Kier alpha value is -1.88. The van der Waals surface area contributed by atoms with Crippen LogP contribution in [0.15, 0.2) is 24.3 Å². The van der Waals surface area contributed by atoms with Gasteiger partial charge in [0.2, 0.25) is 5.91 Å². The van der Waals surface area contributed by atoms with Gasteiger partial charge in [0, 0.05) is 0 Å². The number of nitrogens with one attached hydrogen (secondary N) is 1. The average molecular weight is 288 g/mol. The Morgan fingerprint density at radius 1 is 1.33 bits per heavy atom. The molecule has 2 aliphatic heterocycles. The Morgan fingerprint density at radius 3 is 2.81 bits per heavy atom. The van der Waals surface area contributed by atoms with Gasteiger partial charge in [-0.2, -0.15) is 0 Å². The molecule has 1 aromatic rings. The average Bonchev–Trinajstić information content (AvgIpc) is 2.75. The van der Waals surface area contributed by atoms with Crippen LogP contribution in [0.4, 0.5) is 5.69 Å². The smallest absolute Gasteiger partial charge is 0.253 e. The van der Waals surface area contributed by atoms with E-state index in [2.05, 4.69) is 19.2 Å². The van der Waals surface area contributed by atoms with Crippen molar-refractivity contribution < 1.29 is 14.3 Å². The van der Waals surface area contributed by atoms with Crippen molar-refractivity contribution in [1.82, 2.24) is 5.32 Å². The van der Waals surface area contributed by atoms with Gasteiger partial charge in [-0.25, -0.2) is 0 Å². The first-order valence-corrected chi connectivity index (χ1v) is 7.32. The molecular weight excluding hydrogens is 268 g/mol. The van der Waals surface area contributed by atoms with Crippen molar-refractivity contribution in [2.45, 2.75) is 38.4 Å². The molecule has 0 saturated carbocycles. The van der Waals surface area contributed by atoms with E-state index in [1.165, 1.54) is 0 Å². The monoisotopic (exact) mass is 288 g/mol. The maximum atomic E-state index is 12.3. The molecule has 2 aliphatic rings. The molecule has 2 amide bonds. The van der Waals surface area contributed by atoms with E-state index in [1.54, 1.807) is 11.0 Å². The Kier molecular flexibility index (Phi) is 3.45. The molecule has 21 heavy (non-hydrogen) atoms. The lowest BCUT2D eigenvalue weighted by Gasteiger charge is -2.26. The molecule has 1 N–H and O–H groups in total. The van der Waals surface area contributed by atoms with E-state index in [1.807, 2.05) is 18.2 Å². The first-order chi connectivity index (χ1) is 9.96. The summed E-state index contributed by atoms with van der Waals surface area (Å²) in [6, 6.07) is 7.21. The van der Waals surface area contributed by atoms with Crippen LogP contribution in [0.25, 0.3) is 0 Å². The van der Waals surface area contributed by atoms with Gasteiger partial charge in [0.15, 0.2) is 0 Å². The van der Waals surface area contributed by atoms with Gasteiger partial charge in [0.05, 0.1) is 36.0 Å². The number of hydrogen-bond acceptors (Lipinski definition) is 3. The van der Waals surface area contributed by atoms with Crippen LogP contribution in [0, 0.1) is 0 Å². The zero-order valence-corrected chi connectivity index (χ0v) is 12.4. The SMILES string of the molecule is CC1(C)CCC(CN2C(=O)CNC(=O)c3ccccc32)O1. The highest BCUT2D eigenvalue weighted by Crippen LogP contribution is 2.31. The second-order valence-electron chi connectivity index (χ2n) is 6.24. The molecule has 5 nitrogen and oxygen atoms in total. The molecule has 1 aromatic carbocycles. The summed E-state index contributed by atoms with van der Waals surface area (Å²) in [5.41, 5.74) is 1.08. The van der Waals surface area contributed by atoms with Gasteiger partial charge in [-0.15, -0.1) is 0 Å². The summed E-state index contributed by atoms with van der Waals surface area (Å²) in [7, 11) is 0. The first kappa shape index (κ1) is 14.1. The predicted octanol–water partition coefficient (Wildman–Crippen LogP) is 1.72. The second-order valence-corrected chi connectivity index (χ2v) is 6.24. The van der Waals surface area contributed by atoms with Crippen molar-refractivity contribution in [3.05, 3.63) is 29.8 Å². The third kappa shape index (κ3) is 2.78. The number of fused-ring (bicyclic) bond motifs is 1.